The SMILES string of the molecule is CCCC[C@H](CC(=O)O)NC(=O)C1CCC(NC(=O)OCC2c3ccccc3-c3ccccc32)C1. The smallest absolute Gasteiger partial charge is 0.407 e. The van der Waals surface area contributed by atoms with Gasteiger partial charge in [-0.3, -0.25) is 9.59 Å². The van der Waals surface area contributed by atoms with Crippen LogP contribution in [0.25, 0.3) is 11.1 Å². The second-order valence-corrected chi connectivity index (χ2v) is 9.62. The van der Waals surface area contributed by atoms with Crippen LogP contribution in [0.4, 0.5) is 4.79 Å². The van der Waals surface area contributed by atoms with Crippen molar-refractivity contribution in [1.82, 2.24) is 10.6 Å². The van der Waals surface area contributed by atoms with Crippen molar-refractivity contribution in [2.24, 2.45) is 5.92 Å². The molecule has 0 heterocycles. The third kappa shape index (κ3) is 6.02. The van der Waals surface area contributed by atoms with Crippen molar-refractivity contribution in [2.75, 3.05) is 6.61 Å². The highest BCUT2D eigenvalue weighted by molar-refractivity contribution is 5.81. The fraction of sp³-hybridized carbons (Fsp3) is 0.464. The first-order chi connectivity index (χ1) is 17.0. The number of amides is 2. The van der Waals surface area contributed by atoms with Gasteiger partial charge in [0.15, 0.2) is 0 Å². The van der Waals surface area contributed by atoms with Crippen LogP contribution < -0.4 is 10.6 Å². The van der Waals surface area contributed by atoms with E-state index in [-0.39, 0.29) is 42.9 Å². The van der Waals surface area contributed by atoms with E-state index >= 15 is 0 Å². The van der Waals surface area contributed by atoms with E-state index in [1.807, 2.05) is 31.2 Å². The first kappa shape index (κ1) is 24.8. The molecule has 4 rings (SSSR count). The van der Waals surface area contributed by atoms with Crippen molar-refractivity contribution < 1.29 is 24.2 Å². The van der Waals surface area contributed by atoms with E-state index in [0.717, 1.165) is 24.0 Å². The van der Waals surface area contributed by atoms with Crippen LogP contribution >= 0.6 is 0 Å². The van der Waals surface area contributed by atoms with Crippen molar-refractivity contribution >= 4 is 18.0 Å². The fourth-order valence-electron chi connectivity index (χ4n) is 5.36. The van der Waals surface area contributed by atoms with Crippen LogP contribution in [0.15, 0.2) is 48.5 Å². The van der Waals surface area contributed by atoms with Gasteiger partial charge in [-0.05, 0) is 47.9 Å². The molecule has 0 bridgehead atoms. The Morgan fingerprint density at radius 1 is 1.03 bits per heavy atom. The number of rotatable bonds is 10. The van der Waals surface area contributed by atoms with Crippen LogP contribution in [0.2, 0.25) is 0 Å². The Bertz CT molecular complexity index is 1020. The molecular weight excluding hydrogens is 444 g/mol. The van der Waals surface area contributed by atoms with Gasteiger partial charge in [-0.2, -0.15) is 0 Å². The van der Waals surface area contributed by atoms with Gasteiger partial charge >= 0.3 is 12.1 Å². The summed E-state index contributed by atoms with van der Waals surface area (Å²) in [5, 5.41) is 15.0. The van der Waals surface area contributed by atoms with Crippen molar-refractivity contribution in [3.05, 3.63) is 59.7 Å². The minimum Gasteiger partial charge on any atom is -0.481 e. The summed E-state index contributed by atoms with van der Waals surface area (Å²) in [6.07, 6.45) is 3.82. The second kappa shape index (κ2) is 11.4. The molecule has 7 heteroatoms. The average Bonchev–Trinajstić information content (AvgIpc) is 3.43. The molecule has 0 aromatic heterocycles. The summed E-state index contributed by atoms with van der Waals surface area (Å²) in [4.78, 5) is 36.4. The fourth-order valence-corrected chi connectivity index (χ4v) is 5.36. The van der Waals surface area contributed by atoms with Gasteiger partial charge in [-0.1, -0.05) is 68.3 Å². The predicted molar refractivity (Wildman–Crippen MR) is 133 cm³/mol. The molecule has 2 aliphatic carbocycles. The molecule has 2 unspecified atom stereocenters. The first-order valence-electron chi connectivity index (χ1n) is 12.6. The molecule has 0 aliphatic heterocycles. The highest BCUT2D eigenvalue weighted by Gasteiger charge is 2.33. The molecule has 2 aromatic rings. The third-order valence-electron chi connectivity index (χ3n) is 7.14. The van der Waals surface area contributed by atoms with Gasteiger partial charge in [0.2, 0.25) is 5.91 Å². The Kier molecular flexibility index (Phi) is 8.06. The number of carbonyl (C=O) groups excluding carboxylic acids is 2. The molecule has 3 atom stereocenters. The number of alkyl carbamates (subject to hydrolysis) is 1. The number of unbranched alkanes of at least 4 members (excludes halogenated alkanes) is 1. The highest BCUT2D eigenvalue weighted by Crippen LogP contribution is 2.44. The van der Waals surface area contributed by atoms with Crippen molar-refractivity contribution in [3.63, 3.8) is 0 Å². The average molecular weight is 479 g/mol. The van der Waals surface area contributed by atoms with Crippen LogP contribution in [-0.2, 0) is 14.3 Å². The van der Waals surface area contributed by atoms with E-state index in [2.05, 4.69) is 34.9 Å². The van der Waals surface area contributed by atoms with Crippen LogP contribution in [0, 0.1) is 5.92 Å². The minimum atomic E-state index is -0.910. The quantitative estimate of drug-likeness (QED) is 0.453. The number of nitrogens with one attached hydrogen (secondary N) is 2. The summed E-state index contributed by atoms with van der Waals surface area (Å²) in [7, 11) is 0. The molecule has 1 fully saturated rings. The van der Waals surface area contributed by atoms with Crippen LogP contribution in [-0.4, -0.2) is 41.8 Å². The monoisotopic (exact) mass is 478 g/mol. The van der Waals surface area contributed by atoms with Crippen LogP contribution in [0.5, 0.6) is 0 Å². The largest absolute Gasteiger partial charge is 0.481 e. The number of carboxylic acids is 1. The Hall–Kier alpha value is -3.35. The minimum absolute atomic E-state index is 0.00421. The lowest BCUT2D eigenvalue weighted by molar-refractivity contribution is -0.137. The maximum atomic E-state index is 12.7. The van der Waals surface area contributed by atoms with Gasteiger partial charge in [-0.25, -0.2) is 4.79 Å². The third-order valence-corrected chi connectivity index (χ3v) is 7.14. The zero-order valence-electron chi connectivity index (χ0n) is 20.2. The van der Waals surface area contributed by atoms with E-state index in [1.165, 1.54) is 11.1 Å². The summed E-state index contributed by atoms with van der Waals surface area (Å²) in [5.41, 5.74) is 4.69. The summed E-state index contributed by atoms with van der Waals surface area (Å²) >= 11 is 0. The van der Waals surface area contributed by atoms with Gasteiger partial charge in [0.1, 0.15) is 6.61 Å². The molecular formula is C28H34N2O5. The molecule has 0 saturated heterocycles. The van der Waals surface area contributed by atoms with Crippen molar-refractivity contribution in [3.8, 4) is 11.1 Å². The van der Waals surface area contributed by atoms with Crippen LogP contribution in [0.1, 0.15) is 68.9 Å². The number of hydrogen-bond acceptors (Lipinski definition) is 4. The Labute approximate surface area is 206 Å². The van der Waals surface area contributed by atoms with Crippen molar-refractivity contribution in [2.45, 2.75) is 69.9 Å². The van der Waals surface area contributed by atoms with E-state index in [0.29, 0.717) is 25.7 Å². The Morgan fingerprint density at radius 2 is 1.69 bits per heavy atom. The van der Waals surface area contributed by atoms with Crippen molar-refractivity contribution in [1.29, 1.82) is 0 Å². The number of carboxylic acid groups (broad SMARTS) is 1. The van der Waals surface area contributed by atoms with Gasteiger partial charge in [0, 0.05) is 23.9 Å². The zero-order valence-corrected chi connectivity index (χ0v) is 20.2. The lowest BCUT2D eigenvalue weighted by Gasteiger charge is -2.20. The van der Waals surface area contributed by atoms with Crippen LogP contribution in [0.3, 0.4) is 0 Å². The number of benzene rings is 2. The zero-order chi connectivity index (χ0) is 24.8. The second-order valence-electron chi connectivity index (χ2n) is 9.62. The normalized spacial score (nSPS) is 19.5. The van der Waals surface area contributed by atoms with E-state index in [1.54, 1.807) is 0 Å². The molecule has 2 amide bonds. The first-order valence-corrected chi connectivity index (χ1v) is 12.6. The van der Waals surface area contributed by atoms with E-state index in [9.17, 15) is 14.4 Å². The summed E-state index contributed by atoms with van der Waals surface area (Å²) in [5.74, 6) is -1.26. The number of fused-ring (bicyclic) bond motifs is 3. The molecule has 3 N–H and O–H groups in total. The lowest BCUT2D eigenvalue weighted by atomic mass is 9.98. The molecule has 186 valence electrons. The molecule has 2 aromatic carbocycles. The summed E-state index contributed by atoms with van der Waals surface area (Å²) < 4.78 is 5.63. The lowest BCUT2D eigenvalue weighted by Crippen LogP contribution is -2.40. The Morgan fingerprint density at radius 3 is 2.31 bits per heavy atom. The molecule has 1 saturated carbocycles. The Balaban J connectivity index is 1.27. The molecule has 2 aliphatic rings. The topological polar surface area (TPSA) is 105 Å². The molecule has 0 spiro atoms. The predicted octanol–water partition coefficient (Wildman–Crippen LogP) is 4.84. The maximum Gasteiger partial charge on any atom is 0.407 e. The summed E-state index contributed by atoms with van der Waals surface area (Å²) in [6, 6.07) is 15.9. The number of carbonyl (C=O) groups is 3. The van der Waals surface area contributed by atoms with Gasteiger partial charge in [0.25, 0.3) is 0 Å². The molecule has 0 radical (unpaired) electrons. The van der Waals surface area contributed by atoms with E-state index < -0.39 is 12.1 Å². The summed E-state index contributed by atoms with van der Waals surface area (Å²) in [6.45, 7) is 2.29. The van der Waals surface area contributed by atoms with Gasteiger partial charge in [0.05, 0.1) is 6.42 Å². The van der Waals surface area contributed by atoms with Gasteiger partial charge < -0.3 is 20.5 Å². The maximum absolute atomic E-state index is 12.7. The van der Waals surface area contributed by atoms with Gasteiger partial charge in [-0.15, -0.1) is 0 Å². The highest BCUT2D eigenvalue weighted by atomic mass is 16.5. The molecule has 7 nitrogen and oxygen atoms in total. The van der Waals surface area contributed by atoms with E-state index in [4.69, 9.17) is 9.84 Å². The number of hydrogen-bond donors (Lipinski definition) is 3. The number of ether oxygens (including phenoxy) is 1. The number of aliphatic carboxylic acids is 1. The standard InChI is InChI=1S/C28H34N2O5/c1-2-3-8-19(16-26(31)32)29-27(33)18-13-14-20(15-18)30-28(34)35-17-25-23-11-6-4-9-21(23)22-10-5-7-12-24(22)25/h4-7,9-12,18-20,25H,2-3,8,13-17H2,1H3,(H,29,33)(H,30,34)(H,31,32)/t18?,19-,20?/m1/s1. The molecule has 35 heavy (non-hydrogen) atoms.